The number of nitrogens with zero attached hydrogens (tertiary/aromatic N) is 2. The van der Waals surface area contributed by atoms with Gasteiger partial charge in [-0.25, -0.2) is 8.42 Å². The van der Waals surface area contributed by atoms with E-state index in [-0.39, 0.29) is 5.25 Å². The summed E-state index contributed by atoms with van der Waals surface area (Å²) in [5.74, 6) is 0. The smallest absolute Gasteiger partial charge is 0.217 e. The Kier molecular flexibility index (Phi) is 6.19. The molecule has 3 rings (SSSR count). The molecular formula is C18H27ClN2O2S. The first kappa shape index (κ1) is 18.2. The molecule has 0 amide bonds. The highest BCUT2D eigenvalue weighted by Crippen LogP contribution is 2.27. The largest absolute Gasteiger partial charge is 0.301 e. The standard InChI is InChI=1S/C18H27ClN2O2S/c19-17-7-3-5-16(15-17)6-4-10-20-11-13-21(14-12-20)24(22,23)18-8-1-2-9-18/h3,5,7,15,18H,1-2,4,6,8-14H2. The van der Waals surface area contributed by atoms with E-state index in [0.29, 0.717) is 13.1 Å². The molecule has 0 bridgehead atoms. The first-order valence-electron chi connectivity index (χ1n) is 9.01. The summed E-state index contributed by atoms with van der Waals surface area (Å²) in [7, 11) is -3.06. The second kappa shape index (κ2) is 8.17. The number of halogens is 1. The molecule has 0 spiro atoms. The van der Waals surface area contributed by atoms with Crippen LogP contribution >= 0.6 is 11.6 Å². The number of aryl methyl sites for hydroxylation is 1. The number of hydrogen-bond acceptors (Lipinski definition) is 3. The van der Waals surface area contributed by atoms with Gasteiger partial charge in [-0.1, -0.05) is 36.6 Å². The van der Waals surface area contributed by atoms with Crippen LogP contribution in [0.3, 0.4) is 0 Å². The summed E-state index contributed by atoms with van der Waals surface area (Å²) in [5, 5.41) is 0.671. The van der Waals surface area contributed by atoms with Gasteiger partial charge in [-0.15, -0.1) is 0 Å². The second-order valence-corrected chi connectivity index (χ2v) is 9.58. The number of rotatable bonds is 6. The van der Waals surface area contributed by atoms with Gasteiger partial charge in [0.15, 0.2) is 0 Å². The lowest BCUT2D eigenvalue weighted by atomic mass is 10.1. The van der Waals surface area contributed by atoms with Crippen molar-refractivity contribution in [1.29, 1.82) is 0 Å². The molecule has 4 nitrogen and oxygen atoms in total. The Morgan fingerprint density at radius 3 is 2.46 bits per heavy atom. The Morgan fingerprint density at radius 1 is 1.08 bits per heavy atom. The van der Waals surface area contributed by atoms with E-state index >= 15 is 0 Å². The van der Waals surface area contributed by atoms with E-state index in [1.54, 1.807) is 4.31 Å². The highest BCUT2D eigenvalue weighted by molar-refractivity contribution is 7.89. The number of sulfonamides is 1. The van der Waals surface area contributed by atoms with Gasteiger partial charge in [0.1, 0.15) is 0 Å². The molecule has 0 radical (unpaired) electrons. The SMILES string of the molecule is O=S(=O)(C1CCCC1)N1CCN(CCCc2cccc(Cl)c2)CC1. The van der Waals surface area contributed by atoms with Crippen LogP contribution < -0.4 is 0 Å². The van der Waals surface area contributed by atoms with Gasteiger partial charge in [0.05, 0.1) is 5.25 Å². The third-order valence-corrected chi connectivity index (χ3v) is 7.88. The van der Waals surface area contributed by atoms with Gasteiger partial charge >= 0.3 is 0 Å². The van der Waals surface area contributed by atoms with Gasteiger partial charge in [-0.2, -0.15) is 4.31 Å². The van der Waals surface area contributed by atoms with Crippen molar-refractivity contribution in [3.8, 4) is 0 Å². The van der Waals surface area contributed by atoms with E-state index in [4.69, 9.17) is 11.6 Å². The van der Waals surface area contributed by atoms with Crippen molar-refractivity contribution in [3.05, 3.63) is 34.9 Å². The molecule has 1 aromatic rings. The second-order valence-electron chi connectivity index (χ2n) is 6.93. The van der Waals surface area contributed by atoms with Gasteiger partial charge in [0.25, 0.3) is 0 Å². The molecule has 0 unspecified atom stereocenters. The summed E-state index contributed by atoms with van der Waals surface area (Å²) in [6, 6.07) is 8.02. The van der Waals surface area contributed by atoms with Crippen LogP contribution in [-0.4, -0.2) is 55.6 Å². The maximum absolute atomic E-state index is 12.6. The summed E-state index contributed by atoms with van der Waals surface area (Å²) >= 11 is 6.01. The van der Waals surface area contributed by atoms with Crippen LogP contribution in [0.1, 0.15) is 37.7 Å². The minimum absolute atomic E-state index is 0.119. The topological polar surface area (TPSA) is 40.6 Å². The van der Waals surface area contributed by atoms with Crippen molar-refractivity contribution in [3.63, 3.8) is 0 Å². The molecule has 1 saturated heterocycles. The average Bonchev–Trinajstić information content (AvgIpc) is 3.11. The van der Waals surface area contributed by atoms with Crippen molar-refractivity contribution >= 4 is 21.6 Å². The summed E-state index contributed by atoms with van der Waals surface area (Å²) in [6.07, 6.45) is 5.92. The first-order chi connectivity index (χ1) is 11.6. The zero-order chi connectivity index (χ0) is 17.0. The number of piperazine rings is 1. The maximum Gasteiger partial charge on any atom is 0.217 e. The lowest BCUT2D eigenvalue weighted by molar-refractivity contribution is 0.186. The van der Waals surface area contributed by atoms with Gasteiger partial charge in [-0.05, 0) is 49.9 Å². The fraction of sp³-hybridized carbons (Fsp3) is 0.667. The van der Waals surface area contributed by atoms with Gasteiger partial charge in [0.2, 0.25) is 10.0 Å². The molecule has 2 fully saturated rings. The summed E-state index contributed by atoms with van der Waals surface area (Å²) in [6.45, 7) is 4.01. The van der Waals surface area contributed by atoms with Crippen molar-refractivity contribution in [2.75, 3.05) is 32.7 Å². The molecule has 0 atom stereocenters. The highest BCUT2D eigenvalue weighted by Gasteiger charge is 2.35. The molecule has 1 heterocycles. The van der Waals surface area contributed by atoms with Crippen LogP contribution in [0.5, 0.6) is 0 Å². The van der Waals surface area contributed by atoms with E-state index in [1.807, 2.05) is 18.2 Å². The predicted octanol–water partition coefficient (Wildman–Crippen LogP) is 3.16. The van der Waals surface area contributed by atoms with E-state index in [0.717, 1.165) is 63.2 Å². The molecule has 1 saturated carbocycles. The minimum Gasteiger partial charge on any atom is -0.301 e. The van der Waals surface area contributed by atoms with Crippen molar-refractivity contribution < 1.29 is 8.42 Å². The van der Waals surface area contributed by atoms with E-state index in [1.165, 1.54) is 5.56 Å². The fourth-order valence-corrected chi connectivity index (χ4v) is 6.04. The summed E-state index contributed by atoms with van der Waals surface area (Å²) < 4.78 is 27.0. The summed E-state index contributed by atoms with van der Waals surface area (Å²) in [5.41, 5.74) is 1.27. The lowest BCUT2D eigenvalue weighted by Gasteiger charge is -2.35. The van der Waals surface area contributed by atoms with Gasteiger partial charge in [0, 0.05) is 31.2 Å². The van der Waals surface area contributed by atoms with Crippen LogP contribution in [0, 0.1) is 0 Å². The summed E-state index contributed by atoms with van der Waals surface area (Å²) in [4.78, 5) is 2.38. The number of hydrogen-bond donors (Lipinski definition) is 0. The third kappa shape index (κ3) is 4.51. The Balaban J connectivity index is 1.42. The average molecular weight is 371 g/mol. The van der Waals surface area contributed by atoms with Crippen LogP contribution in [0.4, 0.5) is 0 Å². The van der Waals surface area contributed by atoms with E-state index < -0.39 is 10.0 Å². The first-order valence-corrected chi connectivity index (χ1v) is 10.9. The minimum atomic E-state index is -3.06. The lowest BCUT2D eigenvalue weighted by Crippen LogP contribution is -2.50. The van der Waals surface area contributed by atoms with Gasteiger partial charge in [-0.3, -0.25) is 0 Å². The van der Waals surface area contributed by atoms with Crippen LogP contribution in [0.15, 0.2) is 24.3 Å². The highest BCUT2D eigenvalue weighted by atomic mass is 35.5. The van der Waals surface area contributed by atoms with Crippen LogP contribution in [0.2, 0.25) is 5.02 Å². The molecule has 24 heavy (non-hydrogen) atoms. The molecule has 0 aromatic heterocycles. The van der Waals surface area contributed by atoms with Gasteiger partial charge < -0.3 is 4.90 Å². The van der Waals surface area contributed by atoms with E-state index in [9.17, 15) is 8.42 Å². The molecule has 1 aliphatic carbocycles. The monoisotopic (exact) mass is 370 g/mol. The molecular weight excluding hydrogens is 344 g/mol. The van der Waals surface area contributed by atoms with Crippen molar-refractivity contribution in [2.45, 2.75) is 43.8 Å². The Bertz CT molecular complexity index is 636. The molecule has 0 N–H and O–H groups in total. The van der Waals surface area contributed by atoms with E-state index in [2.05, 4.69) is 11.0 Å². The van der Waals surface area contributed by atoms with Crippen LogP contribution in [-0.2, 0) is 16.4 Å². The molecule has 134 valence electrons. The Labute approximate surface area is 150 Å². The third-order valence-electron chi connectivity index (χ3n) is 5.24. The molecule has 2 aliphatic rings. The quantitative estimate of drug-likeness (QED) is 0.772. The maximum atomic E-state index is 12.6. The normalized spacial score (nSPS) is 21.4. The number of benzene rings is 1. The van der Waals surface area contributed by atoms with Crippen LogP contribution in [0.25, 0.3) is 0 Å². The predicted molar refractivity (Wildman–Crippen MR) is 99.0 cm³/mol. The molecule has 1 aliphatic heterocycles. The zero-order valence-corrected chi connectivity index (χ0v) is 15.7. The Morgan fingerprint density at radius 2 is 1.79 bits per heavy atom. The fourth-order valence-electron chi connectivity index (χ4n) is 3.80. The molecule has 1 aromatic carbocycles. The zero-order valence-electron chi connectivity index (χ0n) is 14.2. The molecule has 6 heteroatoms. The van der Waals surface area contributed by atoms with Crippen molar-refractivity contribution in [2.24, 2.45) is 0 Å². The Hall–Kier alpha value is -0.620. The van der Waals surface area contributed by atoms with Crippen molar-refractivity contribution in [1.82, 2.24) is 9.21 Å².